The number of carbonyl (C=O) groups excluding carboxylic acids is 1. The lowest BCUT2D eigenvalue weighted by molar-refractivity contribution is -0.115. The molecule has 2 heterocycles. The predicted molar refractivity (Wildman–Crippen MR) is 112 cm³/mol. The number of rotatable bonds is 5. The molecule has 4 aromatic rings. The molecule has 1 N–H and O–H groups in total. The lowest BCUT2D eigenvalue weighted by Crippen LogP contribution is -2.14. The average molecular weight is 412 g/mol. The molecule has 27 heavy (non-hydrogen) atoms. The lowest BCUT2D eigenvalue weighted by Gasteiger charge is -2.00. The minimum atomic E-state index is -0.132. The molecule has 2 aromatic carbocycles. The fourth-order valence-corrected chi connectivity index (χ4v) is 4.29. The highest BCUT2D eigenvalue weighted by Crippen LogP contribution is 2.27. The Balaban J connectivity index is 1.41. The maximum Gasteiger partial charge on any atom is 0.232 e. The van der Waals surface area contributed by atoms with Crippen LogP contribution in [-0.4, -0.2) is 15.9 Å². The summed E-state index contributed by atoms with van der Waals surface area (Å²) in [5.74, 6) is -0.132. The molecule has 0 saturated heterocycles. The molecule has 0 spiro atoms. The van der Waals surface area contributed by atoms with E-state index in [9.17, 15) is 4.79 Å². The molecule has 4 rings (SSSR count). The number of carbonyl (C=O) groups is 1. The fraction of sp³-hybridized carbons (Fsp3) is 0.0500. The van der Waals surface area contributed by atoms with E-state index in [2.05, 4.69) is 15.3 Å². The molecule has 0 aliphatic carbocycles. The summed E-state index contributed by atoms with van der Waals surface area (Å²) in [6.07, 6.45) is 0.206. The van der Waals surface area contributed by atoms with Gasteiger partial charge in [-0.05, 0) is 12.1 Å². The Morgan fingerprint density at radius 2 is 1.78 bits per heavy atom. The van der Waals surface area contributed by atoms with Gasteiger partial charge in [-0.2, -0.15) is 0 Å². The normalized spacial score (nSPS) is 10.7. The van der Waals surface area contributed by atoms with Crippen molar-refractivity contribution in [1.29, 1.82) is 0 Å². The Kier molecular flexibility index (Phi) is 5.29. The molecule has 2 aromatic heterocycles. The van der Waals surface area contributed by atoms with Crippen LogP contribution in [-0.2, 0) is 11.2 Å². The summed E-state index contributed by atoms with van der Waals surface area (Å²) in [4.78, 5) is 21.3. The number of hydrogen-bond acceptors (Lipinski definition) is 5. The molecule has 7 heteroatoms. The van der Waals surface area contributed by atoms with Crippen molar-refractivity contribution in [1.82, 2.24) is 9.97 Å². The van der Waals surface area contributed by atoms with Crippen LogP contribution in [0.25, 0.3) is 21.8 Å². The highest BCUT2D eigenvalue weighted by Gasteiger charge is 2.12. The van der Waals surface area contributed by atoms with Crippen LogP contribution in [0.4, 0.5) is 5.13 Å². The Bertz CT molecular complexity index is 1080. The molecule has 0 bridgehead atoms. The van der Waals surface area contributed by atoms with Crippen molar-refractivity contribution < 1.29 is 4.79 Å². The number of anilines is 1. The van der Waals surface area contributed by atoms with E-state index in [1.54, 1.807) is 0 Å². The minimum Gasteiger partial charge on any atom is -0.302 e. The Morgan fingerprint density at radius 3 is 2.59 bits per heavy atom. The number of aromatic nitrogens is 2. The van der Waals surface area contributed by atoms with Crippen LogP contribution in [0.2, 0.25) is 5.02 Å². The first-order valence-corrected chi connectivity index (χ1v) is 10.3. The zero-order chi connectivity index (χ0) is 18.6. The molecule has 134 valence electrons. The van der Waals surface area contributed by atoms with Crippen LogP contribution in [0.1, 0.15) is 5.69 Å². The van der Waals surface area contributed by atoms with Gasteiger partial charge in [-0.3, -0.25) is 4.79 Å². The number of hydrogen-bond donors (Lipinski definition) is 1. The van der Waals surface area contributed by atoms with Gasteiger partial charge in [0.15, 0.2) is 5.13 Å². The van der Waals surface area contributed by atoms with Crippen LogP contribution in [0.3, 0.4) is 0 Å². The van der Waals surface area contributed by atoms with Crippen LogP contribution >= 0.6 is 34.3 Å². The predicted octanol–water partition coefficient (Wildman–Crippen LogP) is 5.77. The summed E-state index contributed by atoms with van der Waals surface area (Å²) in [7, 11) is 0. The summed E-state index contributed by atoms with van der Waals surface area (Å²) in [5, 5.41) is 8.78. The summed E-state index contributed by atoms with van der Waals surface area (Å²) in [6, 6.07) is 17.4. The van der Waals surface area contributed by atoms with Crippen molar-refractivity contribution in [3.8, 4) is 21.8 Å². The number of amides is 1. The highest BCUT2D eigenvalue weighted by atomic mass is 35.5. The molecule has 0 radical (unpaired) electrons. The second-order valence-corrected chi connectivity index (χ2v) is 7.94. The first-order valence-electron chi connectivity index (χ1n) is 8.18. The second kappa shape index (κ2) is 8.00. The van der Waals surface area contributed by atoms with Gasteiger partial charge in [-0.15, -0.1) is 22.7 Å². The Hall–Kier alpha value is -2.54. The van der Waals surface area contributed by atoms with Crippen molar-refractivity contribution in [2.45, 2.75) is 6.42 Å². The zero-order valence-electron chi connectivity index (χ0n) is 14.1. The molecule has 4 nitrogen and oxygen atoms in total. The van der Waals surface area contributed by atoms with E-state index >= 15 is 0 Å². The van der Waals surface area contributed by atoms with E-state index in [0.717, 1.165) is 27.5 Å². The van der Waals surface area contributed by atoms with Gasteiger partial charge in [0.05, 0.1) is 17.8 Å². The number of halogens is 1. The molecule has 1 amide bonds. The monoisotopic (exact) mass is 411 g/mol. The second-order valence-electron chi connectivity index (χ2n) is 5.78. The van der Waals surface area contributed by atoms with Gasteiger partial charge in [0, 0.05) is 26.9 Å². The molecular weight excluding hydrogens is 398 g/mol. The van der Waals surface area contributed by atoms with Gasteiger partial charge < -0.3 is 5.32 Å². The third-order valence-electron chi connectivity index (χ3n) is 3.79. The fourth-order valence-electron chi connectivity index (χ4n) is 2.54. The van der Waals surface area contributed by atoms with Crippen molar-refractivity contribution >= 4 is 45.3 Å². The van der Waals surface area contributed by atoms with Crippen LogP contribution in [0.15, 0.2) is 65.4 Å². The van der Waals surface area contributed by atoms with Gasteiger partial charge in [0.1, 0.15) is 5.01 Å². The summed E-state index contributed by atoms with van der Waals surface area (Å²) >= 11 is 8.94. The number of benzene rings is 2. The molecule has 0 saturated carbocycles. The van der Waals surface area contributed by atoms with Crippen LogP contribution < -0.4 is 5.32 Å². The largest absolute Gasteiger partial charge is 0.302 e. The quantitative estimate of drug-likeness (QED) is 0.453. The van der Waals surface area contributed by atoms with E-state index in [1.165, 1.54) is 22.7 Å². The van der Waals surface area contributed by atoms with Gasteiger partial charge >= 0.3 is 0 Å². The van der Waals surface area contributed by atoms with Gasteiger partial charge in [-0.1, -0.05) is 54.1 Å². The molecule has 0 aliphatic rings. The maximum atomic E-state index is 12.3. The Labute approximate surface area is 169 Å². The third-order valence-corrected chi connectivity index (χ3v) is 5.72. The smallest absolute Gasteiger partial charge is 0.232 e. The van der Waals surface area contributed by atoms with E-state index in [1.807, 2.05) is 65.4 Å². The van der Waals surface area contributed by atoms with Gasteiger partial charge in [0.25, 0.3) is 0 Å². The first-order chi connectivity index (χ1) is 13.2. The minimum absolute atomic E-state index is 0.132. The van der Waals surface area contributed by atoms with Crippen molar-refractivity contribution in [3.63, 3.8) is 0 Å². The standard InChI is InChI=1S/C20H14ClN3OS2/c21-15-8-4-7-14(9-15)19-22-16(11-26-19)10-18(25)24-20-23-17(12-27-20)13-5-2-1-3-6-13/h1-9,11-12H,10H2,(H,23,24,25). The van der Waals surface area contributed by atoms with Crippen LogP contribution in [0, 0.1) is 0 Å². The number of nitrogens with one attached hydrogen (secondary N) is 1. The maximum absolute atomic E-state index is 12.3. The van der Waals surface area contributed by atoms with Gasteiger partial charge in [0.2, 0.25) is 5.91 Å². The van der Waals surface area contributed by atoms with Gasteiger partial charge in [-0.25, -0.2) is 9.97 Å². The van der Waals surface area contributed by atoms with Crippen molar-refractivity contribution in [2.75, 3.05) is 5.32 Å². The van der Waals surface area contributed by atoms with Crippen LogP contribution in [0.5, 0.6) is 0 Å². The van der Waals surface area contributed by atoms with Crippen molar-refractivity contribution in [3.05, 3.63) is 76.1 Å². The molecule has 0 aliphatic heterocycles. The van der Waals surface area contributed by atoms with E-state index < -0.39 is 0 Å². The zero-order valence-corrected chi connectivity index (χ0v) is 16.4. The molecule has 0 fully saturated rings. The van der Waals surface area contributed by atoms with E-state index in [0.29, 0.717) is 10.2 Å². The Morgan fingerprint density at radius 1 is 0.963 bits per heavy atom. The SMILES string of the molecule is O=C(Cc1csc(-c2cccc(Cl)c2)n1)Nc1nc(-c2ccccc2)cs1. The van der Waals surface area contributed by atoms with E-state index in [4.69, 9.17) is 11.6 Å². The number of nitrogens with zero attached hydrogens (tertiary/aromatic N) is 2. The topological polar surface area (TPSA) is 54.9 Å². The molecular formula is C20H14ClN3OS2. The number of thiazole rings is 2. The average Bonchev–Trinajstić information content (AvgIpc) is 3.32. The lowest BCUT2D eigenvalue weighted by atomic mass is 10.2. The highest BCUT2D eigenvalue weighted by molar-refractivity contribution is 7.14. The van der Waals surface area contributed by atoms with Crippen molar-refractivity contribution in [2.24, 2.45) is 0 Å². The summed E-state index contributed by atoms with van der Waals surface area (Å²) in [6.45, 7) is 0. The third kappa shape index (κ3) is 4.42. The summed E-state index contributed by atoms with van der Waals surface area (Å²) in [5.41, 5.74) is 3.56. The summed E-state index contributed by atoms with van der Waals surface area (Å²) < 4.78 is 0. The molecule has 0 unspecified atom stereocenters. The molecule has 0 atom stereocenters. The first kappa shape index (κ1) is 17.9. The van der Waals surface area contributed by atoms with E-state index in [-0.39, 0.29) is 12.3 Å².